The Morgan fingerprint density at radius 2 is 0.500 bits per heavy atom. The monoisotopic (exact) mass is 1170 g/mol. The summed E-state index contributed by atoms with van der Waals surface area (Å²) < 4.78 is 102. The van der Waals surface area contributed by atoms with Crippen LogP contribution < -0.4 is 56.8 Å². The molecule has 20 nitrogen and oxygen atoms in total. The van der Waals surface area contributed by atoms with Gasteiger partial charge in [0, 0.05) is 68.2 Å². The van der Waals surface area contributed by atoms with Gasteiger partial charge < -0.3 is 75.8 Å². The van der Waals surface area contributed by atoms with Gasteiger partial charge in [-0.05, 0) is 49.9 Å². The molecule has 0 amide bonds. The molecule has 0 radical (unpaired) electrons. The van der Waals surface area contributed by atoms with Gasteiger partial charge >= 0.3 is 23.9 Å². The first kappa shape index (κ1) is 60.9. The van der Waals surface area contributed by atoms with Crippen molar-refractivity contribution in [2.24, 2.45) is 0 Å². The van der Waals surface area contributed by atoms with Crippen LogP contribution in [0.4, 0.5) is 0 Å². The summed E-state index contributed by atoms with van der Waals surface area (Å²) in [7, 11) is 5.17. The number of carbonyl (C=O) groups is 4. The van der Waals surface area contributed by atoms with E-state index in [1.807, 2.05) is 0 Å². The highest BCUT2D eigenvalue weighted by Gasteiger charge is 2.43. The summed E-state index contributed by atoms with van der Waals surface area (Å²) in [6, 6.07) is 8.52. The van der Waals surface area contributed by atoms with Gasteiger partial charge in [-0.25, -0.2) is 19.2 Å². The van der Waals surface area contributed by atoms with Crippen LogP contribution in [0.2, 0.25) is 0 Å². The fraction of sp³-hybridized carbons (Fsp3) is 0.562. The lowest BCUT2D eigenvalue weighted by Crippen LogP contribution is -2.25. The zero-order valence-electron chi connectivity index (χ0n) is 49.8. The minimum atomic E-state index is -0.635. The van der Waals surface area contributed by atoms with E-state index < -0.39 is 101 Å². The average Bonchev–Trinajstić information content (AvgIpc) is 1.01. The molecule has 0 unspecified atom stereocenters. The summed E-state index contributed by atoms with van der Waals surface area (Å²) in [6.45, 7) is 4.98. The van der Waals surface area contributed by atoms with Crippen LogP contribution in [0.25, 0.3) is 0 Å². The van der Waals surface area contributed by atoms with E-state index in [1.165, 1.54) is 28.4 Å². The predicted molar refractivity (Wildman–Crippen MR) is 304 cm³/mol. The molecule has 0 saturated heterocycles. The van der Waals surface area contributed by atoms with E-state index in [4.69, 9.17) is 75.8 Å². The van der Waals surface area contributed by atoms with Crippen LogP contribution in [0, 0.1) is 0 Å². The standard InChI is InChI=1S/C64H80O20/c1-9-13-17-21-37-41-25-43-38(22-18-14-10-2)45-27-47-40(24-20-16-12-4)48-28-46-39(23-19-15-11-3)44-26-42(37)54-62(74-30-50(66)70-6)56(44)80-35-82-58(46)64(76-32-52(68)72-8)60(48)84-36-83-59(47)63(75-31-51(67)71-7)57(45)81-34-79-55(43)61(53(41)77-33-78-54)73-29-49(65)69-5/h25-28,37-40H,9-24,29-36H2,1-8H3. The first-order valence-corrected chi connectivity index (χ1v) is 29.7. The third-order valence-electron chi connectivity index (χ3n) is 16.3. The van der Waals surface area contributed by atoms with Gasteiger partial charge in [0.1, 0.15) is 0 Å². The molecule has 456 valence electrons. The van der Waals surface area contributed by atoms with Gasteiger partial charge in [0.2, 0.25) is 50.2 Å². The molecule has 4 aromatic carbocycles. The van der Waals surface area contributed by atoms with Crippen molar-refractivity contribution in [2.45, 2.75) is 154 Å². The van der Waals surface area contributed by atoms with Crippen LogP contribution in [0.1, 0.15) is 199 Å². The minimum Gasteiger partial charge on any atom is -0.474 e. The Labute approximate surface area is 491 Å². The molecule has 4 aliphatic heterocycles. The fourth-order valence-electron chi connectivity index (χ4n) is 12.1. The zero-order chi connectivity index (χ0) is 59.3. The molecular formula is C64H80O20. The summed E-state index contributed by atoms with van der Waals surface area (Å²) >= 11 is 0. The van der Waals surface area contributed by atoms with Crippen molar-refractivity contribution in [3.8, 4) is 69.0 Å². The first-order valence-electron chi connectivity index (χ1n) is 29.7. The molecule has 1 aliphatic carbocycles. The van der Waals surface area contributed by atoms with Crippen molar-refractivity contribution in [2.75, 3.05) is 82.0 Å². The summed E-state index contributed by atoms with van der Waals surface area (Å²) in [5.74, 6) is -1.88. The normalized spacial score (nSPS) is 17.3. The number of hydrogen-bond acceptors (Lipinski definition) is 20. The van der Waals surface area contributed by atoms with Crippen LogP contribution in [-0.4, -0.2) is 106 Å². The lowest BCUT2D eigenvalue weighted by atomic mass is 9.75. The first-order chi connectivity index (χ1) is 41.0. The van der Waals surface area contributed by atoms with E-state index in [-0.39, 0.29) is 69.0 Å². The Kier molecular flexibility index (Phi) is 20.9. The smallest absolute Gasteiger partial charge is 0.343 e. The number of ether oxygens (including phenoxy) is 16. The van der Waals surface area contributed by atoms with Crippen LogP contribution in [0.5, 0.6) is 69.0 Å². The summed E-state index contributed by atoms with van der Waals surface area (Å²) in [5, 5.41) is 0. The number of hydrogen-bond donors (Lipinski definition) is 0. The Balaban J connectivity index is 1.51. The second-order valence-electron chi connectivity index (χ2n) is 21.4. The number of rotatable bonds is 28. The Hall–Kier alpha value is -7.64. The summed E-state index contributed by atoms with van der Waals surface area (Å²) in [6.07, 6.45) is 12.4. The van der Waals surface area contributed by atoms with E-state index >= 15 is 0 Å². The number of unbranched alkanes of at least 4 members (excludes halogenated alkanes) is 8. The van der Waals surface area contributed by atoms with Crippen molar-refractivity contribution < 1.29 is 95.0 Å². The number of benzene rings is 4. The molecule has 8 bridgehead atoms. The van der Waals surface area contributed by atoms with Gasteiger partial charge in [-0.3, -0.25) is 0 Å². The fourth-order valence-corrected chi connectivity index (χ4v) is 12.1. The topological polar surface area (TPSA) is 216 Å². The minimum absolute atomic E-state index is 0.149. The molecule has 0 spiro atoms. The Morgan fingerprint density at radius 3 is 0.655 bits per heavy atom. The largest absolute Gasteiger partial charge is 0.474 e. The molecule has 84 heavy (non-hydrogen) atoms. The van der Waals surface area contributed by atoms with E-state index in [0.717, 1.165) is 77.0 Å². The SMILES string of the molecule is CCCCCC1c2cc3c4c(OCC(=O)OC)c2OCOc2c1cc1c(c2OCC(=O)OC)OCOc2c(cc5c(c2OCC(=O)OC)OCOc2c(cc(c(c2OCC(=O)OC)OCO4)C3CCCCC)C5CCCCC)C1CCCCC. The molecule has 5 aliphatic rings. The Morgan fingerprint density at radius 1 is 0.321 bits per heavy atom. The number of esters is 4. The molecule has 0 fully saturated rings. The van der Waals surface area contributed by atoms with Gasteiger partial charge in [0.15, 0.2) is 72.4 Å². The maximum absolute atomic E-state index is 13.2. The highest BCUT2D eigenvalue weighted by molar-refractivity contribution is 5.77. The van der Waals surface area contributed by atoms with E-state index in [1.54, 1.807) is 0 Å². The molecule has 0 saturated carbocycles. The van der Waals surface area contributed by atoms with E-state index in [0.29, 0.717) is 70.2 Å². The number of carbonyl (C=O) groups excluding carboxylic acids is 4. The quantitative estimate of drug-likeness (QED) is 0.0293. The predicted octanol–water partition coefficient (Wildman–Crippen LogP) is 12.0. The lowest BCUT2D eigenvalue weighted by Gasteiger charge is -2.37. The molecule has 0 N–H and O–H groups in total. The second kappa shape index (κ2) is 28.8. The second-order valence-corrected chi connectivity index (χ2v) is 21.4. The highest BCUT2D eigenvalue weighted by Crippen LogP contribution is 2.62. The van der Waals surface area contributed by atoms with Crippen LogP contribution in [-0.2, 0) is 38.1 Å². The van der Waals surface area contributed by atoms with Crippen molar-refractivity contribution in [3.05, 3.63) is 68.8 Å². The van der Waals surface area contributed by atoms with Crippen LogP contribution >= 0.6 is 0 Å². The van der Waals surface area contributed by atoms with Crippen LogP contribution in [0.15, 0.2) is 24.3 Å². The highest BCUT2D eigenvalue weighted by atomic mass is 16.7. The zero-order valence-corrected chi connectivity index (χ0v) is 49.8. The van der Waals surface area contributed by atoms with Crippen molar-refractivity contribution in [3.63, 3.8) is 0 Å². The average molecular weight is 1170 g/mol. The lowest BCUT2D eigenvalue weighted by molar-refractivity contribution is -0.143. The van der Waals surface area contributed by atoms with Gasteiger partial charge in [0.05, 0.1) is 28.4 Å². The molecule has 9 rings (SSSR count). The van der Waals surface area contributed by atoms with Crippen LogP contribution in [0.3, 0.4) is 0 Å². The maximum atomic E-state index is 13.2. The van der Waals surface area contributed by atoms with Crippen molar-refractivity contribution in [1.29, 1.82) is 0 Å². The molecule has 0 atom stereocenters. The molecule has 4 heterocycles. The van der Waals surface area contributed by atoms with Crippen molar-refractivity contribution in [1.82, 2.24) is 0 Å². The maximum Gasteiger partial charge on any atom is 0.343 e. The molecule has 4 aromatic rings. The summed E-state index contributed by atoms with van der Waals surface area (Å²) in [4.78, 5) is 53.0. The molecular weight excluding hydrogens is 1090 g/mol. The number of methoxy groups -OCH3 is 4. The van der Waals surface area contributed by atoms with Gasteiger partial charge in [-0.2, -0.15) is 0 Å². The van der Waals surface area contributed by atoms with E-state index in [2.05, 4.69) is 52.0 Å². The molecule has 0 aromatic heterocycles. The molecule has 20 heteroatoms. The van der Waals surface area contributed by atoms with Gasteiger partial charge in [-0.1, -0.05) is 105 Å². The Bertz CT molecular complexity index is 2490. The van der Waals surface area contributed by atoms with Crippen molar-refractivity contribution >= 4 is 23.9 Å². The van der Waals surface area contributed by atoms with Gasteiger partial charge in [-0.15, -0.1) is 0 Å². The summed E-state index contributed by atoms with van der Waals surface area (Å²) in [5.41, 5.74) is 5.68. The third kappa shape index (κ3) is 12.9. The third-order valence-corrected chi connectivity index (χ3v) is 16.3. The van der Waals surface area contributed by atoms with Gasteiger partial charge in [0.25, 0.3) is 0 Å². The van der Waals surface area contributed by atoms with E-state index in [9.17, 15) is 19.2 Å².